The summed E-state index contributed by atoms with van der Waals surface area (Å²) in [4.78, 5) is 4.67. The Morgan fingerprint density at radius 3 is 1.28 bits per heavy atom. The van der Waals surface area contributed by atoms with E-state index in [2.05, 4.69) is 251 Å². The molecule has 0 N–H and O–H groups in total. The summed E-state index contributed by atoms with van der Waals surface area (Å²) in [6.45, 7) is 0. The smallest absolute Gasteiger partial charge is 0.135 e. The Labute approximate surface area is 371 Å². The molecule has 0 atom stereocenters. The van der Waals surface area contributed by atoms with E-state index in [1.165, 1.54) is 32.9 Å². The van der Waals surface area contributed by atoms with Gasteiger partial charge in [-0.05, 0) is 138 Å². The van der Waals surface area contributed by atoms with Crippen LogP contribution in [0, 0.1) is 0 Å². The zero-order chi connectivity index (χ0) is 42.4. The van der Waals surface area contributed by atoms with E-state index in [0.717, 1.165) is 72.9 Å². The number of hydrogen-bond acceptors (Lipinski definition) is 3. The van der Waals surface area contributed by atoms with Crippen molar-refractivity contribution < 1.29 is 4.42 Å². The monoisotopic (exact) mass is 819 g/mol. The molecule has 12 rings (SSSR count). The minimum Gasteiger partial charge on any atom is -0.456 e. The second-order valence-corrected chi connectivity index (χ2v) is 16.2. The average molecular weight is 820 g/mol. The van der Waals surface area contributed by atoms with Crippen molar-refractivity contribution in [2.24, 2.45) is 0 Å². The molecule has 0 amide bonds. The minimum absolute atomic E-state index is 0.885. The third kappa shape index (κ3) is 6.57. The number of hydrogen-bond donors (Lipinski definition) is 0. The van der Waals surface area contributed by atoms with Crippen molar-refractivity contribution in [3.8, 4) is 27.9 Å². The fourth-order valence-corrected chi connectivity index (χ4v) is 9.32. The van der Waals surface area contributed by atoms with E-state index < -0.39 is 0 Å². The number of nitrogens with zero attached hydrogens (tertiary/aromatic N) is 3. The van der Waals surface area contributed by atoms with Crippen molar-refractivity contribution >= 4 is 77.9 Å². The molecule has 0 unspecified atom stereocenters. The normalized spacial score (nSPS) is 11.4. The summed E-state index contributed by atoms with van der Waals surface area (Å²) < 4.78 is 8.56. The first-order valence-electron chi connectivity index (χ1n) is 21.7. The Bertz CT molecular complexity index is 3580. The SMILES string of the molecule is c1ccc(-c2ccc3c(c2)c2cc(N(c4ccccc4)c4ccc(-c5ccc(N(c6ccccc6)c6ccc7oc8ccccc8c7c6)cc5)cc4)ccc2n3-c2ccccc2)cc1. The first-order chi connectivity index (χ1) is 31.7. The van der Waals surface area contributed by atoms with E-state index in [1.807, 2.05) is 12.1 Å². The fraction of sp³-hybridized carbons (Fsp3) is 0. The number of aromatic nitrogens is 1. The van der Waals surface area contributed by atoms with E-state index in [0.29, 0.717) is 0 Å². The summed E-state index contributed by atoms with van der Waals surface area (Å²) >= 11 is 0. The summed E-state index contributed by atoms with van der Waals surface area (Å²) in [6.07, 6.45) is 0. The first-order valence-corrected chi connectivity index (χ1v) is 21.7. The second kappa shape index (κ2) is 15.7. The number of benzene rings is 10. The Balaban J connectivity index is 0.918. The Morgan fingerprint density at radius 2 is 0.672 bits per heavy atom. The van der Waals surface area contributed by atoms with Crippen molar-refractivity contribution in [1.82, 2.24) is 4.57 Å². The highest BCUT2D eigenvalue weighted by Crippen LogP contribution is 2.43. The van der Waals surface area contributed by atoms with Gasteiger partial charge in [0.1, 0.15) is 11.2 Å². The van der Waals surface area contributed by atoms with Crippen molar-refractivity contribution in [3.63, 3.8) is 0 Å². The van der Waals surface area contributed by atoms with Crippen LogP contribution in [0.1, 0.15) is 0 Å². The van der Waals surface area contributed by atoms with Crippen molar-refractivity contribution in [2.45, 2.75) is 0 Å². The predicted octanol–water partition coefficient (Wildman–Crippen LogP) is 17.0. The third-order valence-corrected chi connectivity index (χ3v) is 12.4. The molecule has 2 heterocycles. The molecule has 10 aromatic carbocycles. The lowest BCUT2D eigenvalue weighted by atomic mass is 10.0. The third-order valence-electron chi connectivity index (χ3n) is 12.4. The first kappa shape index (κ1) is 37.2. The highest BCUT2D eigenvalue weighted by Gasteiger charge is 2.19. The van der Waals surface area contributed by atoms with Crippen LogP contribution in [0.4, 0.5) is 34.1 Å². The van der Waals surface area contributed by atoms with Crippen LogP contribution in [-0.2, 0) is 0 Å². The van der Waals surface area contributed by atoms with Crippen molar-refractivity contribution in [2.75, 3.05) is 9.80 Å². The van der Waals surface area contributed by atoms with Gasteiger partial charge in [-0.25, -0.2) is 0 Å². The zero-order valence-corrected chi connectivity index (χ0v) is 34.9. The van der Waals surface area contributed by atoms with Crippen molar-refractivity contribution in [3.05, 3.63) is 249 Å². The second-order valence-electron chi connectivity index (χ2n) is 16.2. The van der Waals surface area contributed by atoms with Crippen LogP contribution in [0.3, 0.4) is 0 Å². The van der Waals surface area contributed by atoms with E-state index in [4.69, 9.17) is 4.42 Å². The highest BCUT2D eigenvalue weighted by atomic mass is 16.3. The van der Waals surface area contributed by atoms with Gasteiger partial charge in [0.05, 0.1) is 11.0 Å². The van der Waals surface area contributed by atoms with Gasteiger partial charge < -0.3 is 18.8 Å². The molecule has 0 radical (unpaired) electrons. The molecular weight excluding hydrogens is 779 g/mol. The van der Waals surface area contributed by atoms with Gasteiger partial charge in [0.15, 0.2) is 0 Å². The van der Waals surface area contributed by atoms with Gasteiger partial charge in [0, 0.05) is 61.4 Å². The van der Waals surface area contributed by atoms with Gasteiger partial charge in [0.25, 0.3) is 0 Å². The van der Waals surface area contributed by atoms with Gasteiger partial charge in [-0.2, -0.15) is 0 Å². The number of anilines is 6. The van der Waals surface area contributed by atoms with Gasteiger partial charge in [0.2, 0.25) is 0 Å². The van der Waals surface area contributed by atoms with E-state index in [-0.39, 0.29) is 0 Å². The molecule has 0 aliphatic heterocycles. The number of fused-ring (bicyclic) bond motifs is 6. The summed E-state index contributed by atoms with van der Waals surface area (Å²) in [5.74, 6) is 0. The molecular formula is C60H41N3O. The molecule has 2 aromatic heterocycles. The lowest BCUT2D eigenvalue weighted by Gasteiger charge is -2.26. The Morgan fingerprint density at radius 1 is 0.266 bits per heavy atom. The summed E-state index contributed by atoms with van der Waals surface area (Å²) in [7, 11) is 0. The molecule has 0 aliphatic rings. The van der Waals surface area contributed by atoms with Gasteiger partial charge in [-0.15, -0.1) is 0 Å². The largest absolute Gasteiger partial charge is 0.456 e. The maximum atomic E-state index is 6.18. The quantitative estimate of drug-likeness (QED) is 0.145. The summed E-state index contributed by atoms with van der Waals surface area (Å²) in [5, 5.41) is 4.64. The summed E-state index contributed by atoms with van der Waals surface area (Å²) in [5.41, 5.74) is 16.5. The van der Waals surface area contributed by atoms with Crippen LogP contribution < -0.4 is 9.80 Å². The molecule has 64 heavy (non-hydrogen) atoms. The standard InChI is InChI=1S/C60H41N3O/c1-5-15-42(16-6-1)45-29-36-57-54(39-45)55-40-51(34-37-58(55)63(57)48-21-11-4-12-22-48)61(46-17-7-2-8-18-46)49-30-25-43(26-31-49)44-27-32-50(33-28-44)62(47-19-9-3-10-20-47)52-35-38-60-56(41-52)53-23-13-14-24-59(53)64-60/h1-41H. The number of para-hydroxylation sites is 4. The molecule has 0 bridgehead atoms. The highest BCUT2D eigenvalue weighted by molar-refractivity contribution is 6.12. The lowest BCUT2D eigenvalue weighted by molar-refractivity contribution is 0.669. The molecule has 302 valence electrons. The van der Waals surface area contributed by atoms with Crippen molar-refractivity contribution in [1.29, 1.82) is 0 Å². The Kier molecular flexibility index (Phi) is 9.12. The average Bonchev–Trinajstić information content (AvgIpc) is 3.91. The van der Waals surface area contributed by atoms with Gasteiger partial charge in [-0.3, -0.25) is 0 Å². The topological polar surface area (TPSA) is 24.6 Å². The van der Waals surface area contributed by atoms with Crippen LogP contribution in [-0.4, -0.2) is 4.57 Å². The molecule has 0 spiro atoms. The zero-order valence-electron chi connectivity index (χ0n) is 34.9. The molecule has 12 aromatic rings. The summed E-state index contributed by atoms with van der Waals surface area (Å²) in [6, 6.07) is 88.8. The van der Waals surface area contributed by atoms with Crippen LogP contribution in [0.5, 0.6) is 0 Å². The molecule has 0 aliphatic carbocycles. The molecule has 0 saturated heterocycles. The minimum atomic E-state index is 0.885. The molecule has 4 nitrogen and oxygen atoms in total. The molecule has 0 saturated carbocycles. The maximum absolute atomic E-state index is 6.18. The van der Waals surface area contributed by atoms with Gasteiger partial charge in [-0.1, -0.05) is 133 Å². The lowest BCUT2D eigenvalue weighted by Crippen LogP contribution is -2.10. The van der Waals surface area contributed by atoms with Crippen LogP contribution in [0.25, 0.3) is 71.7 Å². The van der Waals surface area contributed by atoms with Crippen LogP contribution >= 0.6 is 0 Å². The van der Waals surface area contributed by atoms with Crippen LogP contribution in [0.15, 0.2) is 253 Å². The van der Waals surface area contributed by atoms with Gasteiger partial charge >= 0.3 is 0 Å². The fourth-order valence-electron chi connectivity index (χ4n) is 9.32. The van der Waals surface area contributed by atoms with E-state index in [1.54, 1.807) is 0 Å². The number of furan rings is 1. The predicted molar refractivity (Wildman–Crippen MR) is 268 cm³/mol. The van der Waals surface area contributed by atoms with Crippen LogP contribution in [0.2, 0.25) is 0 Å². The Hall–Kier alpha value is -8.60. The van der Waals surface area contributed by atoms with E-state index >= 15 is 0 Å². The maximum Gasteiger partial charge on any atom is 0.135 e. The number of rotatable bonds is 9. The van der Waals surface area contributed by atoms with E-state index in [9.17, 15) is 0 Å². The molecule has 4 heteroatoms. The molecule has 0 fully saturated rings.